The fraction of sp³-hybridized carbons (Fsp3) is 0.625. The van der Waals surface area contributed by atoms with Crippen LogP contribution >= 0.6 is 0 Å². The molecule has 0 radical (unpaired) electrons. The summed E-state index contributed by atoms with van der Waals surface area (Å²) < 4.78 is 11.6. The zero-order valence-electron chi connectivity index (χ0n) is 11.9. The molecule has 1 aliphatic rings. The van der Waals surface area contributed by atoms with Gasteiger partial charge in [0, 0.05) is 0 Å². The van der Waals surface area contributed by atoms with Gasteiger partial charge in [-0.3, -0.25) is 0 Å². The Morgan fingerprint density at radius 1 is 1.16 bits per heavy atom. The molecule has 0 amide bonds. The zero-order chi connectivity index (χ0) is 13.5. The van der Waals surface area contributed by atoms with Gasteiger partial charge in [0.1, 0.15) is 0 Å². The Morgan fingerprint density at radius 2 is 1.95 bits per heavy atom. The molecule has 3 nitrogen and oxygen atoms in total. The first-order chi connectivity index (χ1) is 9.33. The molecule has 1 saturated carbocycles. The molecular weight excluding hydrogens is 238 g/mol. The molecule has 1 aromatic carbocycles. The van der Waals surface area contributed by atoms with Gasteiger partial charge >= 0.3 is 0 Å². The van der Waals surface area contributed by atoms with Gasteiger partial charge in [0.05, 0.1) is 13.2 Å². The van der Waals surface area contributed by atoms with E-state index in [0.29, 0.717) is 13.2 Å². The Hall–Kier alpha value is -1.22. The van der Waals surface area contributed by atoms with E-state index in [0.717, 1.165) is 30.4 Å². The highest BCUT2D eigenvalue weighted by atomic mass is 16.5. The molecule has 0 heterocycles. The summed E-state index contributed by atoms with van der Waals surface area (Å²) in [4.78, 5) is 0. The Kier molecular flexibility index (Phi) is 5.52. The van der Waals surface area contributed by atoms with Crippen molar-refractivity contribution in [1.29, 1.82) is 0 Å². The lowest BCUT2D eigenvalue weighted by molar-refractivity contribution is 0.234. The van der Waals surface area contributed by atoms with E-state index in [1.54, 1.807) is 0 Å². The van der Waals surface area contributed by atoms with Crippen molar-refractivity contribution in [3.63, 3.8) is 0 Å². The van der Waals surface area contributed by atoms with E-state index in [-0.39, 0.29) is 0 Å². The molecule has 3 heteroatoms. The van der Waals surface area contributed by atoms with Gasteiger partial charge in [-0.1, -0.05) is 18.9 Å². The third kappa shape index (κ3) is 4.13. The summed E-state index contributed by atoms with van der Waals surface area (Å²) in [6, 6.07) is 6.16. The van der Waals surface area contributed by atoms with Crippen molar-refractivity contribution in [2.75, 3.05) is 19.8 Å². The minimum atomic E-state index is 0.659. The molecule has 106 valence electrons. The first-order valence-corrected chi connectivity index (χ1v) is 7.42. The van der Waals surface area contributed by atoms with Gasteiger partial charge in [-0.05, 0) is 56.3 Å². The van der Waals surface area contributed by atoms with Crippen LogP contribution in [0.4, 0.5) is 0 Å². The van der Waals surface area contributed by atoms with E-state index in [1.165, 1.54) is 31.2 Å². The fourth-order valence-electron chi connectivity index (χ4n) is 2.65. The van der Waals surface area contributed by atoms with Crippen molar-refractivity contribution in [2.45, 2.75) is 39.0 Å². The van der Waals surface area contributed by atoms with Crippen molar-refractivity contribution >= 4 is 0 Å². The van der Waals surface area contributed by atoms with Crippen molar-refractivity contribution in [1.82, 2.24) is 0 Å². The van der Waals surface area contributed by atoms with Gasteiger partial charge in [-0.25, -0.2) is 0 Å². The molecule has 0 spiro atoms. The maximum Gasteiger partial charge on any atom is 0.161 e. The van der Waals surface area contributed by atoms with E-state index >= 15 is 0 Å². The van der Waals surface area contributed by atoms with Crippen molar-refractivity contribution in [3.8, 4) is 11.5 Å². The summed E-state index contributed by atoms with van der Waals surface area (Å²) >= 11 is 0. The zero-order valence-corrected chi connectivity index (χ0v) is 11.9. The van der Waals surface area contributed by atoms with Gasteiger partial charge in [0.2, 0.25) is 0 Å². The van der Waals surface area contributed by atoms with E-state index in [2.05, 4.69) is 12.1 Å². The molecule has 1 fully saturated rings. The van der Waals surface area contributed by atoms with Crippen LogP contribution in [0, 0.1) is 5.92 Å². The highest BCUT2D eigenvalue weighted by molar-refractivity contribution is 5.43. The van der Waals surface area contributed by atoms with Crippen molar-refractivity contribution in [2.24, 2.45) is 11.7 Å². The highest BCUT2D eigenvalue weighted by Gasteiger charge is 2.16. The maximum absolute atomic E-state index is 5.95. The molecule has 0 saturated heterocycles. The quantitative estimate of drug-likeness (QED) is 0.822. The predicted molar refractivity (Wildman–Crippen MR) is 77.8 cm³/mol. The van der Waals surface area contributed by atoms with Gasteiger partial charge in [-0.2, -0.15) is 0 Å². The Labute approximate surface area is 116 Å². The van der Waals surface area contributed by atoms with Crippen LogP contribution in [0.25, 0.3) is 0 Å². The smallest absolute Gasteiger partial charge is 0.161 e. The second-order valence-corrected chi connectivity index (χ2v) is 5.21. The molecule has 0 aromatic heterocycles. The summed E-state index contributed by atoms with van der Waals surface area (Å²) in [7, 11) is 0. The fourth-order valence-corrected chi connectivity index (χ4v) is 2.65. The average molecular weight is 263 g/mol. The number of ether oxygens (including phenoxy) is 2. The lowest BCUT2D eigenvalue weighted by Crippen LogP contribution is -2.09. The van der Waals surface area contributed by atoms with Crippen molar-refractivity contribution in [3.05, 3.63) is 23.8 Å². The van der Waals surface area contributed by atoms with E-state index in [4.69, 9.17) is 15.2 Å². The van der Waals surface area contributed by atoms with Crippen LogP contribution in [-0.4, -0.2) is 19.8 Å². The second-order valence-electron chi connectivity index (χ2n) is 5.21. The lowest BCUT2D eigenvalue weighted by Gasteiger charge is -2.15. The lowest BCUT2D eigenvalue weighted by atomic mass is 10.1. The molecule has 0 atom stereocenters. The minimum absolute atomic E-state index is 0.659. The van der Waals surface area contributed by atoms with Crippen LogP contribution in [0.2, 0.25) is 0 Å². The number of hydrogen-bond acceptors (Lipinski definition) is 3. The van der Waals surface area contributed by atoms with Crippen molar-refractivity contribution < 1.29 is 9.47 Å². The van der Waals surface area contributed by atoms with Gasteiger partial charge in [-0.15, -0.1) is 0 Å². The topological polar surface area (TPSA) is 44.5 Å². The molecule has 1 aliphatic carbocycles. The summed E-state index contributed by atoms with van der Waals surface area (Å²) in [5.41, 5.74) is 6.80. The Bertz CT molecular complexity index is 386. The van der Waals surface area contributed by atoms with E-state index in [1.807, 2.05) is 13.0 Å². The molecule has 0 unspecified atom stereocenters. The second kappa shape index (κ2) is 7.39. The van der Waals surface area contributed by atoms with E-state index < -0.39 is 0 Å². The minimum Gasteiger partial charge on any atom is -0.490 e. The standard InChI is InChI=1S/C16H25NO2/c1-2-18-16-11-13(9-10-17)7-8-15(16)19-12-14-5-3-4-6-14/h7-8,11,14H,2-6,9-10,12,17H2,1H3. The molecule has 0 bridgehead atoms. The Balaban J connectivity index is 2.00. The Morgan fingerprint density at radius 3 is 2.63 bits per heavy atom. The molecular formula is C16H25NO2. The van der Waals surface area contributed by atoms with E-state index in [9.17, 15) is 0 Å². The largest absolute Gasteiger partial charge is 0.490 e. The number of hydrogen-bond donors (Lipinski definition) is 1. The summed E-state index contributed by atoms with van der Waals surface area (Å²) in [5, 5.41) is 0. The third-order valence-corrected chi connectivity index (χ3v) is 3.69. The number of rotatable bonds is 7. The van der Waals surface area contributed by atoms with Crippen LogP contribution in [0.5, 0.6) is 11.5 Å². The first-order valence-electron chi connectivity index (χ1n) is 7.42. The van der Waals surface area contributed by atoms with Crippen LogP contribution < -0.4 is 15.2 Å². The van der Waals surface area contributed by atoms with Gasteiger partial charge in [0.15, 0.2) is 11.5 Å². The molecule has 2 N–H and O–H groups in total. The highest BCUT2D eigenvalue weighted by Crippen LogP contribution is 2.31. The summed E-state index contributed by atoms with van der Waals surface area (Å²) in [6.07, 6.45) is 6.18. The number of benzene rings is 1. The monoisotopic (exact) mass is 263 g/mol. The molecule has 0 aliphatic heterocycles. The summed E-state index contributed by atoms with van der Waals surface area (Å²) in [6.45, 7) is 4.13. The molecule has 1 aromatic rings. The summed E-state index contributed by atoms with van der Waals surface area (Å²) in [5.74, 6) is 2.44. The maximum atomic E-state index is 5.95. The molecule has 19 heavy (non-hydrogen) atoms. The normalized spacial score (nSPS) is 15.7. The SMILES string of the molecule is CCOc1cc(CCN)ccc1OCC1CCCC1. The average Bonchev–Trinajstić information content (AvgIpc) is 2.92. The third-order valence-electron chi connectivity index (χ3n) is 3.69. The van der Waals surface area contributed by atoms with Crippen LogP contribution in [0.15, 0.2) is 18.2 Å². The van der Waals surface area contributed by atoms with Crippen LogP contribution in [0.3, 0.4) is 0 Å². The number of nitrogens with two attached hydrogens (primary N) is 1. The predicted octanol–water partition coefficient (Wildman–Crippen LogP) is 3.16. The first kappa shape index (κ1) is 14.2. The van der Waals surface area contributed by atoms with Gasteiger partial charge < -0.3 is 15.2 Å². The molecule has 2 rings (SSSR count). The van der Waals surface area contributed by atoms with Gasteiger partial charge in [0.25, 0.3) is 0 Å². The van der Waals surface area contributed by atoms with Crippen LogP contribution in [-0.2, 0) is 6.42 Å². The van der Waals surface area contributed by atoms with Crippen LogP contribution in [0.1, 0.15) is 38.2 Å².